The van der Waals surface area contributed by atoms with Crippen molar-refractivity contribution in [1.82, 2.24) is 4.98 Å². The van der Waals surface area contributed by atoms with E-state index in [0.29, 0.717) is 18.3 Å². The summed E-state index contributed by atoms with van der Waals surface area (Å²) in [5, 5.41) is 6.30. The monoisotopic (exact) mass is 434 g/mol. The summed E-state index contributed by atoms with van der Waals surface area (Å²) in [5.41, 5.74) is 12.5. The number of benzene rings is 1. The van der Waals surface area contributed by atoms with Gasteiger partial charge in [0.1, 0.15) is 0 Å². The lowest BCUT2D eigenvalue weighted by atomic mass is 10.2. The number of anilines is 2. The average Bonchev–Trinajstić information content (AvgIpc) is 3.27. The van der Waals surface area contributed by atoms with Gasteiger partial charge in [0.25, 0.3) is 0 Å². The van der Waals surface area contributed by atoms with Gasteiger partial charge in [0.2, 0.25) is 5.88 Å². The Balaban J connectivity index is 1.75. The molecule has 1 aromatic heterocycles. The number of pyridine rings is 1. The lowest BCUT2D eigenvalue weighted by Gasteiger charge is -2.24. The summed E-state index contributed by atoms with van der Waals surface area (Å²) >= 11 is 1.64. The molecule has 1 N–H and O–H groups in total. The number of nitrogens with one attached hydrogen (secondary N) is 1. The summed E-state index contributed by atoms with van der Waals surface area (Å²) in [6.45, 7) is 8.99. The van der Waals surface area contributed by atoms with E-state index in [9.17, 15) is 0 Å². The first-order valence-corrected chi connectivity index (χ1v) is 11.7. The molecule has 1 aromatic carbocycles. The van der Waals surface area contributed by atoms with Gasteiger partial charge in [-0.05, 0) is 25.3 Å². The topological polar surface area (TPSA) is 49.8 Å². The molecular weight excluding hydrogens is 404 g/mol. The van der Waals surface area contributed by atoms with Crippen LogP contribution < -0.4 is 15.1 Å². The molecule has 5 nitrogen and oxygen atoms in total. The van der Waals surface area contributed by atoms with Gasteiger partial charge in [0.15, 0.2) is 5.82 Å². The smallest absolute Gasteiger partial charge is 0.217 e. The Hall–Kier alpha value is -2.91. The summed E-state index contributed by atoms with van der Waals surface area (Å²) in [6.07, 6.45) is 4.76. The van der Waals surface area contributed by atoms with Gasteiger partial charge in [-0.1, -0.05) is 66.9 Å². The van der Waals surface area contributed by atoms with Crippen LogP contribution in [0.15, 0.2) is 63.3 Å². The molecule has 2 aromatic rings. The van der Waals surface area contributed by atoms with Crippen LogP contribution in [0.2, 0.25) is 0 Å². The third-order valence-electron chi connectivity index (χ3n) is 4.62. The summed E-state index contributed by atoms with van der Waals surface area (Å²) in [7, 11) is 0. The number of aromatic nitrogens is 1. The number of hydrogen-bond acceptors (Lipinski definition) is 6. The minimum absolute atomic E-state index is 0.550. The number of hydrazone groups is 1. The molecule has 0 unspecified atom stereocenters. The maximum atomic E-state index is 5.99. The van der Waals surface area contributed by atoms with E-state index < -0.39 is 0 Å². The third-order valence-corrected chi connectivity index (χ3v) is 5.45. The molecule has 31 heavy (non-hydrogen) atoms. The van der Waals surface area contributed by atoms with Crippen LogP contribution in [0, 0.1) is 6.92 Å². The van der Waals surface area contributed by atoms with Crippen molar-refractivity contribution in [3.63, 3.8) is 0 Å². The van der Waals surface area contributed by atoms with Gasteiger partial charge in [0.05, 0.1) is 12.8 Å². The molecule has 6 heteroatoms. The van der Waals surface area contributed by atoms with Crippen LogP contribution in [0.25, 0.3) is 0 Å². The second-order valence-electron chi connectivity index (χ2n) is 7.35. The molecule has 0 amide bonds. The molecule has 0 spiro atoms. The first kappa shape index (κ1) is 22.8. The average molecular weight is 435 g/mol. The largest absolute Gasteiger partial charge is 0.477 e. The van der Waals surface area contributed by atoms with Crippen molar-refractivity contribution < 1.29 is 4.74 Å². The van der Waals surface area contributed by atoms with E-state index in [4.69, 9.17) is 4.74 Å². The van der Waals surface area contributed by atoms with Crippen molar-refractivity contribution in [2.24, 2.45) is 5.10 Å². The molecule has 0 fully saturated rings. The Kier molecular flexibility index (Phi) is 8.86. The fourth-order valence-electron chi connectivity index (χ4n) is 3.25. The van der Waals surface area contributed by atoms with Gasteiger partial charge in [-0.2, -0.15) is 10.1 Å². The van der Waals surface area contributed by atoms with Crippen molar-refractivity contribution >= 4 is 29.5 Å². The summed E-state index contributed by atoms with van der Waals surface area (Å²) < 4.78 is 5.99. The van der Waals surface area contributed by atoms with Crippen molar-refractivity contribution in [1.29, 1.82) is 0 Å². The molecule has 2 heterocycles. The van der Waals surface area contributed by atoms with Crippen LogP contribution in [0.4, 0.5) is 11.5 Å². The van der Waals surface area contributed by atoms with E-state index >= 15 is 0 Å². The van der Waals surface area contributed by atoms with E-state index in [-0.39, 0.29) is 0 Å². The molecule has 162 valence electrons. The first-order valence-electron chi connectivity index (χ1n) is 10.8. The highest BCUT2D eigenvalue weighted by Crippen LogP contribution is 2.26. The van der Waals surface area contributed by atoms with E-state index in [2.05, 4.69) is 64.8 Å². The lowest BCUT2D eigenvalue weighted by molar-refractivity contribution is 0.312. The van der Waals surface area contributed by atoms with Gasteiger partial charge in [-0.15, -0.1) is 0 Å². The minimum Gasteiger partial charge on any atom is -0.477 e. The van der Waals surface area contributed by atoms with Crippen LogP contribution in [0.5, 0.6) is 5.88 Å². The molecule has 0 radical (unpaired) electrons. The lowest BCUT2D eigenvalue weighted by Crippen LogP contribution is -2.25. The standard InChI is InChI=1S/C25H30N4OS/c1-4-12-29(13-5-2)22-17-24(28-26-19-21-9-6-8-20(3)16-21)27-25(18-22)30-14-11-23-10-7-15-31-23/h6,8-9,15-19H,4-5,11-14H2,1-3H3,(H,27,28)/b26-19+. The number of rotatable bonds is 12. The van der Waals surface area contributed by atoms with E-state index in [0.717, 1.165) is 48.5 Å². The van der Waals surface area contributed by atoms with E-state index in [1.165, 1.54) is 5.56 Å². The third kappa shape index (κ3) is 7.37. The van der Waals surface area contributed by atoms with Crippen molar-refractivity contribution in [2.45, 2.75) is 40.0 Å². The van der Waals surface area contributed by atoms with Gasteiger partial charge in [-0.25, -0.2) is 0 Å². The van der Waals surface area contributed by atoms with Crippen molar-refractivity contribution in [2.75, 3.05) is 30.0 Å². The second-order valence-corrected chi connectivity index (χ2v) is 8.31. The maximum Gasteiger partial charge on any atom is 0.217 e. The maximum absolute atomic E-state index is 5.99. The van der Waals surface area contributed by atoms with Crippen molar-refractivity contribution in [3.8, 4) is 5.88 Å². The van der Waals surface area contributed by atoms with Crippen LogP contribution in [0.1, 0.15) is 44.2 Å². The SMILES string of the molecule is CCCN(CCC)c1cc(N/N=C/c2cccc(C)c2)nc(OCCC2=C=C=CS2)c1. The minimum atomic E-state index is 0.550. The normalized spacial score (nSPS) is 12.4. The van der Waals surface area contributed by atoms with Crippen molar-refractivity contribution in [3.05, 3.63) is 69.3 Å². The van der Waals surface area contributed by atoms with Gasteiger partial charge in [0, 0.05) is 47.6 Å². The molecule has 0 aliphatic carbocycles. The zero-order valence-electron chi connectivity index (χ0n) is 18.5. The highest BCUT2D eigenvalue weighted by molar-refractivity contribution is 8.05. The number of thioether (sulfide) groups is 1. The Morgan fingerprint density at radius 1 is 1.19 bits per heavy atom. The fraction of sp³-hybridized carbons (Fsp3) is 0.360. The highest BCUT2D eigenvalue weighted by Gasteiger charge is 2.10. The van der Waals surface area contributed by atoms with Crippen LogP contribution in [-0.4, -0.2) is 30.9 Å². The Labute approximate surface area is 189 Å². The van der Waals surface area contributed by atoms with Gasteiger partial charge in [-0.3, -0.25) is 5.43 Å². The first-order chi connectivity index (χ1) is 15.2. The number of aryl methyl sites for hydroxylation is 1. The van der Waals surface area contributed by atoms with Crippen LogP contribution in [0.3, 0.4) is 0 Å². The Bertz CT molecular complexity index is 998. The predicted molar refractivity (Wildman–Crippen MR) is 132 cm³/mol. The number of ether oxygens (including phenoxy) is 1. The molecular formula is C25H30N4OS. The van der Waals surface area contributed by atoms with E-state index in [1.807, 2.05) is 29.7 Å². The van der Waals surface area contributed by atoms with Gasteiger partial charge >= 0.3 is 0 Å². The Morgan fingerprint density at radius 3 is 2.74 bits per heavy atom. The fourth-order valence-corrected chi connectivity index (χ4v) is 3.83. The summed E-state index contributed by atoms with van der Waals surface area (Å²) in [6, 6.07) is 12.3. The molecule has 0 atom stereocenters. The second kappa shape index (κ2) is 12.1. The van der Waals surface area contributed by atoms with Crippen LogP contribution >= 0.6 is 11.8 Å². The molecule has 1 aliphatic rings. The predicted octanol–water partition coefficient (Wildman–Crippen LogP) is 6.13. The number of nitrogens with zero attached hydrogens (tertiary/aromatic N) is 3. The Morgan fingerprint density at radius 2 is 2.03 bits per heavy atom. The summed E-state index contributed by atoms with van der Waals surface area (Å²) in [4.78, 5) is 8.12. The summed E-state index contributed by atoms with van der Waals surface area (Å²) in [5.74, 6) is 1.27. The molecule has 0 bridgehead atoms. The number of hydrogen-bond donors (Lipinski definition) is 1. The zero-order chi connectivity index (χ0) is 21.9. The van der Waals surface area contributed by atoms with E-state index in [1.54, 1.807) is 18.0 Å². The molecule has 3 rings (SSSR count). The molecule has 0 saturated carbocycles. The zero-order valence-corrected chi connectivity index (χ0v) is 19.3. The quantitative estimate of drug-likeness (QED) is 0.247. The van der Waals surface area contributed by atoms with Gasteiger partial charge < -0.3 is 9.64 Å². The van der Waals surface area contributed by atoms with Crippen LogP contribution in [-0.2, 0) is 0 Å². The molecule has 1 aliphatic heterocycles. The highest BCUT2D eigenvalue weighted by atomic mass is 32.2. The molecule has 0 saturated heterocycles.